The predicted octanol–water partition coefficient (Wildman–Crippen LogP) is 2.50. The second-order valence-corrected chi connectivity index (χ2v) is 5.70. The van der Waals surface area contributed by atoms with E-state index < -0.39 is 0 Å². The molecule has 0 spiro atoms. The van der Waals surface area contributed by atoms with E-state index >= 15 is 0 Å². The molecule has 2 aromatic rings. The zero-order valence-corrected chi connectivity index (χ0v) is 12.7. The summed E-state index contributed by atoms with van der Waals surface area (Å²) < 4.78 is 6.05. The molecule has 0 radical (unpaired) electrons. The fourth-order valence-electron chi connectivity index (χ4n) is 2.41. The average molecular weight is 367 g/mol. The molecule has 1 aliphatic rings. The Morgan fingerprint density at radius 3 is 2.89 bits per heavy atom. The maximum absolute atomic E-state index is 5.97. The molecule has 1 aromatic heterocycles. The van der Waals surface area contributed by atoms with E-state index in [0.29, 0.717) is 12.4 Å². The van der Waals surface area contributed by atoms with E-state index in [1.807, 2.05) is 0 Å². The number of ether oxygens (including phenoxy) is 1. The highest BCUT2D eigenvalue weighted by molar-refractivity contribution is 14.1. The molecule has 0 saturated carbocycles. The number of rotatable bonds is 3. The maximum atomic E-state index is 5.97. The number of hydrogen-bond donors (Lipinski definition) is 1. The van der Waals surface area contributed by atoms with Gasteiger partial charge >= 0.3 is 0 Å². The Kier molecular flexibility index (Phi) is 3.40. The zero-order chi connectivity index (χ0) is 13.4. The molecule has 3 rings (SSSR count). The fourth-order valence-corrected chi connectivity index (χ4v) is 2.81. The van der Waals surface area contributed by atoms with Crippen LogP contribution in [-0.4, -0.2) is 17.1 Å². The summed E-state index contributed by atoms with van der Waals surface area (Å²) in [5.41, 5.74) is 9.53. The lowest BCUT2D eigenvalue weighted by molar-refractivity contribution is 0.180. The van der Waals surface area contributed by atoms with Crippen molar-refractivity contribution in [3.8, 4) is 0 Å². The normalized spacial score (nSPS) is 16.8. The topological polar surface area (TPSA) is 61.0 Å². The number of hydrogen-bond acceptors (Lipinski definition) is 4. The first-order valence-electron chi connectivity index (χ1n) is 6.09. The van der Waals surface area contributed by atoms with Crippen LogP contribution >= 0.6 is 22.6 Å². The Morgan fingerprint density at radius 2 is 2.16 bits per heavy atom. The third-order valence-corrected chi connectivity index (χ3v) is 4.59. The second-order valence-electron chi connectivity index (χ2n) is 4.62. The lowest BCUT2D eigenvalue weighted by atomic mass is 9.77. The number of anilines is 1. The van der Waals surface area contributed by atoms with Gasteiger partial charge in [0.05, 0.1) is 15.9 Å². The summed E-state index contributed by atoms with van der Waals surface area (Å²) in [6.45, 7) is 0.465. The summed E-state index contributed by atoms with van der Waals surface area (Å²) in [5.74, 6) is 1.62. The van der Waals surface area contributed by atoms with Gasteiger partial charge in [-0.15, -0.1) is 0 Å². The largest absolute Gasteiger partial charge is 0.383 e. The highest BCUT2D eigenvalue weighted by Gasteiger charge is 2.30. The molecular formula is C14H14IN3O. The van der Waals surface area contributed by atoms with E-state index in [9.17, 15) is 0 Å². The first-order chi connectivity index (χ1) is 9.20. The van der Waals surface area contributed by atoms with Crippen LogP contribution in [0.3, 0.4) is 0 Å². The minimum absolute atomic E-state index is 0.270. The van der Waals surface area contributed by atoms with Crippen molar-refractivity contribution in [2.24, 2.45) is 0 Å². The van der Waals surface area contributed by atoms with Crippen LogP contribution in [0.2, 0.25) is 0 Å². The molecule has 19 heavy (non-hydrogen) atoms. The SMILES string of the molecule is COCc1nc(C2Cc3ccccc32)nc(N)c1I. The van der Waals surface area contributed by atoms with Gasteiger partial charge in [0, 0.05) is 13.0 Å². The van der Waals surface area contributed by atoms with E-state index in [4.69, 9.17) is 10.5 Å². The van der Waals surface area contributed by atoms with Crippen LogP contribution in [0.15, 0.2) is 24.3 Å². The van der Waals surface area contributed by atoms with Gasteiger partial charge in [-0.1, -0.05) is 24.3 Å². The van der Waals surface area contributed by atoms with Crippen molar-refractivity contribution in [1.82, 2.24) is 9.97 Å². The third-order valence-electron chi connectivity index (χ3n) is 3.41. The third kappa shape index (κ3) is 2.21. The monoisotopic (exact) mass is 367 g/mol. The molecule has 1 aromatic carbocycles. The van der Waals surface area contributed by atoms with Gasteiger partial charge in [0.15, 0.2) is 0 Å². The average Bonchev–Trinajstić information content (AvgIpc) is 2.37. The van der Waals surface area contributed by atoms with Crippen LogP contribution in [0.4, 0.5) is 5.82 Å². The summed E-state index contributed by atoms with van der Waals surface area (Å²) in [7, 11) is 1.66. The second kappa shape index (κ2) is 5.05. The van der Waals surface area contributed by atoms with Crippen molar-refractivity contribution in [2.75, 3.05) is 12.8 Å². The van der Waals surface area contributed by atoms with Gasteiger partial charge in [0.25, 0.3) is 0 Å². The van der Waals surface area contributed by atoms with Crippen molar-refractivity contribution in [1.29, 1.82) is 0 Å². The number of nitrogens with two attached hydrogens (primary N) is 1. The van der Waals surface area contributed by atoms with E-state index in [2.05, 4.69) is 56.8 Å². The van der Waals surface area contributed by atoms with Crippen LogP contribution in [0.25, 0.3) is 0 Å². The molecule has 0 fully saturated rings. The first-order valence-corrected chi connectivity index (χ1v) is 7.17. The lowest BCUT2D eigenvalue weighted by Gasteiger charge is -2.29. The lowest BCUT2D eigenvalue weighted by Crippen LogP contribution is -2.22. The molecule has 0 bridgehead atoms. The number of nitrogens with zero attached hydrogens (tertiary/aromatic N) is 2. The van der Waals surface area contributed by atoms with Gasteiger partial charge in [-0.2, -0.15) is 0 Å². The smallest absolute Gasteiger partial charge is 0.141 e. The van der Waals surface area contributed by atoms with Crippen molar-refractivity contribution >= 4 is 28.4 Å². The number of fused-ring (bicyclic) bond motifs is 1. The van der Waals surface area contributed by atoms with Crippen LogP contribution in [0.1, 0.15) is 28.6 Å². The van der Waals surface area contributed by atoms with Gasteiger partial charge in [-0.05, 0) is 40.1 Å². The number of benzene rings is 1. The molecule has 1 unspecified atom stereocenters. The Labute approximate surface area is 125 Å². The predicted molar refractivity (Wildman–Crippen MR) is 81.9 cm³/mol. The van der Waals surface area contributed by atoms with E-state index in [1.54, 1.807) is 7.11 Å². The summed E-state index contributed by atoms with van der Waals surface area (Å²) in [6.07, 6.45) is 0.989. The molecule has 0 amide bonds. The standard InChI is InChI=1S/C14H14IN3O/c1-19-7-11-12(15)13(16)18-14(17-11)10-6-8-4-2-3-5-9(8)10/h2-5,10H,6-7H2,1H3,(H2,16,17,18). The minimum Gasteiger partial charge on any atom is -0.383 e. The van der Waals surface area contributed by atoms with Crippen molar-refractivity contribution < 1.29 is 4.74 Å². The first kappa shape index (κ1) is 12.8. The van der Waals surface area contributed by atoms with Gasteiger partial charge in [0.2, 0.25) is 0 Å². The van der Waals surface area contributed by atoms with Crippen LogP contribution in [0, 0.1) is 3.57 Å². The summed E-state index contributed by atoms with van der Waals surface area (Å²) in [4.78, 5) is 9.06. The molecule has 4 nitrogen and oxygen atoms in total. The number of methoxy groups -OCH3 is 1. The fraction of sp³-hybridized carbons (Fsp3) is 0.286. The molecule has 1 atom stereocenters. The Morgan fingerprint density at radius 1 is 1.37 bits per heavy atom. The number of nitrogen functional groups attached to an aromatic ring is 1. The maximum Gasteiger partial charge on any atom is 0.141 e. The number of halogens is 1. The summed E-state index contributed by atoms with van der Waals surface area (Å²) in [6, 6.07) is 8.40. The van der Waals surface area contributed by atoms with Gasteiger partial charge in [-0.3, -0.25) is 0 Å². The molecule has 2 N–H and O–H groups in total. The minimum atomic E-state index is 0.270. The van der Waals surface area contributed by atoms with E-state index in [0.717, 1.165) is 21.5 Å². The quantitative estimate of drug-likeness (QED) is 0.847. The highest BCUT2D eigenvalue weighted by atomic mass is 127. The molecule has 1 aliphatic carbocycles. The Balaban J connectivity index is 1.99. The van der Waals surface area contributed by atoms with Gasteiger partial charge < -0.3 is 10.5 Å². The molecule has 98 valence electrons. The number of aromatic nitrogens is 2. The zero-order valence-electron chi connectivity index (χ0n) is 10.6. The van der Waals surface area contributed by atoms with E-state index in [1.165, 1.54) is 11.1 Å². The van der Waals surface area contributed by atoms with Crippen LogP contribution < -0.4 is 5.73 Å². The summed E-state index contributed by atoms with van der Waals surface area (Å²) >= 11 is 2.17. The molecule has 1 heterocycles. The molecule has 0 aliphatic heterocycles. The van der Waals surface area contributed by atoms with Crippen molar-refractivity contribution in [3.05, 3.63) is 50.5 Å². The van der Waals surface area contributed by atoms with Crippen molar-refractivity contribution in [3.63, 3.8) is 0 Å². The Hall–Kier alpha value is -1.21. The summed E-state index contributed by atoms with van der Waals surface area (Å²) in [5, 5.41) is 0. The van der Waals surface area contributed by atoms with Gasteiger partial charge in [0.1, 0.15) is 11.6 Å². The highest BCUT2D eigenvalue weighted by Crippen LogP contribution is 2.39. The molecular weight excluding hydrogens is 353 g/mol. The Bertz CT molecular complexity index is 630. The molecule has 5 heteroatoms. The molecule has 0 saturated heterocycles. The van der Waals surface area contributed by atoms with Crippen LogP contribution in [-0.2, 0) is 17.8 Å². The van der Waals surface area contributed by atoms with Gasteiger partial charge in [-0.25, -0.2) is 9.97 Å². The van der Waals surface area contributed by atoms with E-state index in [-0.39, 0.29) is 5.92 Å². The van der Waals surface area contributed by atoms with Crippen LogP contribution in [0.5, 0.6) is 0 Å². The van der Waals surface area contributed by atoms with Crippen molar-refractivity contribution in [2.45, 2.75) is 18.9 Å².